The number of Topliss-reactive ketones (excluding diaryl/α,β-unsaturated/α-hetero) is 1. The number of allylic oxidation sites excluding steroid dienone is 1. The summed E-state index contributed by atoms with van der Waals surface area (Å²) < 4.78 is 2.07. The molecule has 1 aliphatic carbocycles. The number of nitrogens with zero attached hydrogens (tertiary/aromatic N) is 4. The van der Waals surface area contributed by atoms with E-state index in [-0.39, 0.29) is 5.78 Å². The van der Waals surface area contributed by atoms with E-state index in [1.807, 2.05) is 12.3 Å². The van der Waals surface area contributed by atoms with E-state index in [0.717, 1.165) is 66.6 Å². The third-order valence-corrected chi connectivity index (χ3v) is 7.16. The van der Waals surface area contributed by atoms with Crippen molar-refractivity contribution in [1.29, 1.82) is 0 Å². The van der Waals surface area contributed by atoms with Crippen molar-refractivity contribution >= 4 is 39.4 Å². The number of hydrogen-bond donors (Lipinski definition) is 0. The molecule has 0 N–H and O–H groups in total. The molecule has 0 radical (unpaired) electrons. The number of imidazole rings is 1. The van der Waals surface area contributed by atoms with Crippen LogP contribution in [0.5, 0.6) is 0 Å². The van der Waals surface area contributed by atoms with Crippen molar-refractivity contribution < 1.29 is 4.79 Å². The Morgan fingerprint density at radius 3 is 2.72 bits per heavy atom. The van der Waals surface area contributed by atoms with Crippen LogP contribution in [0.15, 0.2) is 29.8 Å². The van der Waals surface area contributed by atoms with Gasteiger partial charge in [0.15, 0.2) is 10.7 Å². The summed E-state index contributed by atoms with van der Waals surface area (Å²) in [5, 5.41) is 2.09. The van der Waals surface area contributed by atoms with Gasteiger partial charge in [-0.2, -0.15) is 0 Å². The lowest BCUT2D eigenvalue weighted by Crippen LogP contribution is -2.46. The first-order valence-electron chi connectivity index (χ1n) is 10.4. The van der Waals surface area contributed by atoms with Crippen molar-refractivity contribution in [1.82, 2.24) is 14.3 Å². The van der Waals surface area contributed by atoms with Crippen LogP contribution in [0.2, 0.25) is 0 Å². The minimum atomic E-state index is 0.183. The molecule has 0 spiro atoms. The van der Waals surface area contributed by atoms with Gasteiger partial charge in [0.1, 0.15) is 0 Å². The summed E-state index contributed by atoms with van der Waals surface area (Å²) in [6.07, 6.45) is 5.37. The molecule has 2 aliphatic rings. The maximum atomic E-state index is 12.9. The molecule has 5 nitrogen and oxygen atoms in total. The number of anilines is 1. The number of benzene rings is 1. The number of thiazole rings is 1. The molecule has 0 amide bonds. The lowest BCUT2D eigenvalue weighted by molar-refractivity contribution is -0.113. The lowest BCUT2D eigenvalue weighted by Gasteiger charge is -2.35. The van der Waals surface area contributed by atoms with Gasteiger partial charge >= 0.3 is 0 Å². The molecule has 150 valence electrons. The number of aryl methyl sites for hydroxylation is 2. The van der Waals surface area contributed by atoms with E-state index in [1.54, 1.807) is 11.3 Å². The fourth-order valence-electron chi connectivity index (χ4n) is 4.33. The van der Waals surface area contributed by atoms with Crippen molar-refractivity contribution in [2.75, 3.05) is 37.6 Å². The number of carbonyl (C=O) groups is 1. The zero-order chi connectivity index (χ0) is 20.0. The van der Waals surface area contributed by atoms with Crippen molar-refractivity contribution in [2.24, 2.45) is 0 Å². The first-order chi connectivity index (χ1) is 14.1. The maximum Gasteiger partial charge on any atom is 0.194 e. The molecule has 6 heteroatoms. The molecule has 2 aromatic heterocycles. The van der Waals surface area contributed by atoms with Crippen LogP contribution in [0.4, 0.5) is 5.69 Å². The van der Waals surface area contributed by atoms with Crippen LogP contribution in [0, 0.1) is 6.92 Å². The van der Waals surface area contributed by atoms with Gasteiger partial charge < -0.3 is 9.80 Å². The van der Waals surface area contributed by atoms with E-state index in [1.165, 1.54) is 11.3 Å². The summed E-state index contributed by atoms with van der Waals surface area (Å²) in [5.41, 5.74) is 6.37. The Kier molecular flexibility index (Phi) is 4.76. The Labute approximate surface area is 175 Å². The molecule has 0 saturated carbocycles. The molecule has 29 heavy (non-hydrogen) atoms. The summed E-state index contributed by atoms with van der Waals surface area (Å²) in [6.45, 7) is 9.78. The van der Waals surface area contributed by atoms with Crippen LogP contribution in [-0.4, -0.2) is 52.8 Å². The molecule has 3 heterocycles. The zero-order valence-corrected chi connectivity index (χ0v) is 17.8. The second-order valence-corrected chi connectivity index (χ2v) is 8.78. The van der Waals surface area contributed by atoms with Crippen LogP contribution >= 0.6 is 11.3 Å². The van der Waals surface area contributed by atoms with E-state index in [0.29, 0.717) is 6.42 Å². The highest BCUT2D eigenvalue weighted by atomic mass is 32.1. The van der Waals surface area contributed by atoms with Crippen LogP contribution < -0.4 is 4.90 Å². The van der Waals surface area contributed by atoms with Gasteiger partial charge in [-0.05, 0) is 49.2 Å². The Morgan fingerprint density at radius 1 is 1.14 bits per heavy atom. The van der Waals surface area contributed by atoms with Gasteiger partial charge in [-0.15, -0.1) is 11.3 Å². The zero-order valence-electron chi connectivity index (χ0n) is 17.0. The number of fused-ring (bicyclic) bond motifs is 2. The Morgan fingerprint density at radius 2 is 1.97 bits per heavy atom. The van der Waals surface area contributed by atoms with Gasteiger partial charge in [-0.1, -0.05) is 13.0 Å². The van der Waals surface area contributed by atoms with Gasteiger partial charge in [0, 0.05) is 61.1 Å². The van der Waals surface area contributed by atoms with Crippen molar-refractivity contribution in [3.8, 4) is 0 Å². The second kappa shape index (κ2) is 7.43. The average molecular weight is 407 g/mol. The highest BCUT2D eigenvalue weighted by Gasteiger charge is 2.22. The second-order valence-electron chi connectivity index (χ2n) is 7.94. The first kappa shape index (κ1) is 18.6. The molecule has 3 aromatic rings. The Bertz CT molecular complexity index is 1100. The van der Waals surface area contributed by atoms with Gasteiger partial charge in [-0.25, -0.2) is 4.98 Å². The van der Waals surface area contributed by atoms with E-state index in [4.69, 9.17) is 4.98 Å². The highest BCUT2D eigenvalue weighted by molar-refractivity contribution is 7.15. The van der Waals surface area contributed by atoms with Crippen LogP contribution in [0.3, 0.4) is 0 Å². The maximum absolute atomic E-state index is 12.9. The standard InChI is InChI=1S/C23H26N4OS/c1-3-25-8-10-26(11-9-25)19-6-4-18-13-20(22(28)7-5-17(18)12-19)21-14-27-16(2)15-29-23(27)24-21/h4,6,12-15H,3,5,7-11H2,1-2H3. The molecule has 1 aliphatic heterocycles. The fourth-order valence-corrected chi connectivity index (χ4v) is 5.18. The molecule has 0 bridgehead atoms. The summed E-state index contributed by atoms with van der Waals surface area (Å²) in [7, 11) is 0. The Hall–Kier alpha value is -2.44. The molecule has 1 fully saturated rings. The summed E-state index contributed by atoms with van der Waals surface area (Å²) in [5.74, 6) is 0.183. The summed E-state index contributed by atoms with van der Waals surface area (Å²) in [6, 6.07) is 6.68. The SMILES string of the molecule is CCN1CCN(c2ccc3c(c2)CCC(=O)C(c2cn4c(C)csc4n2)=C3)CC1. The molecular formula is C23H26N4OS. The molecule has 0 unspecified atom stereocenters. The van der Waals surface area contributed by atoms with Crippen LogP contribution in [0.1, 0.15) is 35.9 Å². The molecule has 0 atom stereocenters. The van der Waals surface area contributed by atoms with Crippen LogP contribution in [0.25, 0.3) is 16.6 Å². The van der Waals surface area contributed by atoms with E-state index >= 15 is 0 Å². The third-order valence-electron chi connectivity index (χ3n) is 6.20. The minimum absolute atomic E-state index is 0.183. The molecule has 1 aromatic carbocycles. The number of aromatic nitrogens is 2. The van der Waals surface area contributed by atoms with Crippen molar-refractivity contribution in [2.45, 2.75) is 26.7 Å². The number of rotatable bonds is 3. The minimum Gasteiger partial charge on any atom is -0.369 e. The molecule has 5 rings (SSSR count). The normalized spacial score (nSPS) is 18.1. The Balaban J connectivity index is 1.46. The van der Waals surface area contributed by atoms with E-state index in [2.05, 4.69) is 51.6 Å². The predicted molar refractivity (Wildman–Crippen MR) is 120 cm³/mol. The van der Waals surface area contributed by atoms with Crippen molar-refractivity contribution in [3.63, 3.8) is 0 Å². The number of piperazine rings is 1. The highest BCUT2D eigenvalue weighted by Crippen LogP contribution is 2.31. The predicted octanol–water partition coefficient (Wildman–Crippen LogP) is 3.90. The van der Waals surface area contributed by atoms with Crippen LogP contribution in [-0.2, 0) is 11.2 Å². The van der Waals surface area contributed by atoms with Crippen molar-refractivity contribution in [3.05, 3.63) is 52.3 Å². The van der Waals surface area contributed by atoms with Gasteiger partial charge in [-0.3, -0.25) is 9.20 Å². The monoisotopic (exact) mass is 406 g/mol. The topological polar surface area (TPSA) is 40.9 Å². The quantitative estimate of drug-likeness (QED) is 0.661. The fraction of sp³-hybridized carbons (Fsp3) is 0.391. The average Bonchev–Trinajstić information content (AvgIpc) is 3.27. The number of carbonyl (C=O) groups excluding carboxylic acids is 1. The van der Waals surface area contributed by atoms with E-state index < -0.39 is 0 Å². The summed E-state index contributed by atoms with van der Waals surface area (Å²) in [4.78, 5) is 23.5. The first-order valence-corrected chi connectivity index (χ1v) is 11.3. The summed E-state index contributed by atoms with van der Waals surface area (Å²) >= 11 is 1.61. The van der Waals surface area contributed by atoms with Gasteiger partial charge in [0.05, 0.1) is 5.69 Å². The lowest BCUT2D eigenvalue weighted by atomic mass is 10.0. The molecular weight excluding hydrogens is 380 g/mol. The smallest absolute Gasteiger partial charge is 0.194 e. The van der Waals surface area contributed by atoms with Gasteiger partial charge in [0.2, 0.25) is 0 Å². The number of hydrogen-bond acceptors (Lipinski definition) is 5. The largest absolute Gasteiger partial charge is 0.369 e. The molecule has 1 saturated heterocycles. The van der Waals surface area contributed by atoms with Gasteiger partial charge in [0.25, 0.3) is 0 Å². The van der Waals surface area contributed by atoms with E-state index in [9.17, 15) is 4.79 Å². The number of likely N-dealkylation sites (N-methyl/N-ethyl adjacent to an activating group) is 1. The third kappa shape index (κ3) is 3.40. The number of ketones is 1.